The van der Waals surface area contributed by atoms with Crippen LogP contribution >= 0.6 is 11.8 Å². The summed E-state index contributed by atoms with van der Waals surface area (Å²) in [7, 11) is 1.72. The fourth-order valence-electron chi connectivity index (χ4n) is 3.77. The summed E-state index contributed by atoms with van der Waals surface area (Å²) >= 11 is 1.59. The first-order valence-electron chi connectivity index (χ1n) is 9.49. The van der Waals surface area contributed by atoms with E-state index in [0.29, 0.717) is 17.3 Å². The zero-order valence-electron chi connectivity index (χ0n) is 17.1. The van der Waals surface area contributed by atoms with Gasteiger partial charge in [-0.3, -0.25) is 4.99 Å². The van der Waals surface area contributed by atoms with Gasteiger partial charge >= 0.3 is 0 Å². The molecule has 0 N–H and O–H groups in total. The van der Waals surface area contributed by atoms with Gasteiger partial charge < -0.3 is 19.1 Å². The smallest absolute Gasteiger partial charge is 0.164 e. The summed E-state index contributed by atoms with van der Waals surface area (Å²) in [4.78, 5) is 6.79. The van der Waals surface area contributed by atoms with Gasteiger partial charge in [-0.1, -0.05) is 23.9 Å². The molecule has 0 aromatic heterocycles. The van der Waals surface area contributed by atoms with Crippen LogP contribution in [-0.2, 0) is 15.6 Å². The van der Waals surface area contributed by atoms with E-state index in [2.05, 4.69) is 0 Å². The molecule has 0 spiro atoms. The van der Waals surface area contributed by atoms with Gasteiger partial charge in [0, 0.05) is 11.8 Å². The molecule has 9 heteroatoms. The Morgan fingerprint density at radius 1 is 1.00 bits per heavy atom. The average molecular weight is 449 g/mol. The third-order valence-corrected chi connectivity index (χ3v) is 8.02. The third-order valence-electron chi connectivity index (χ3n) is 5.28. The van der Waals surface area contributed by atoms with Crippen molar-refractivity contribution in [3.05, 3.63) is 48.0 Å². The minimum Gasteiger partial charge on any atom is -0.497 e. The molecule has 0 bridgehead atoms. The van der Waals surface area contributed by atoms with E-state index in [1.54, 1.807) is 33.1 Å². The second-order valence-electron chi connectivity index (χ2n) is 7.17. The lowest BCUT2D eigenvalue weighted by Gasteiger charge is -2.28. The first kappa shape index (κ1) is 20.9. The molecule has 4 rings (SSSR count). The molecule has 2 aromatic rings. The van der Waals surface area contributed by atoms with Gasteiger partial charge in [0.2, 0.25) is 0 Å². The van der Waals surface area contributed by atoms with Crippen molar-refractivity contribution in [1.82, 2.24) is 0 Å². The van der Waals surface area contributed by atoms with Crippen LogP contribution in [0.15, 0.2) is 47.5 Å². The van der Waals surface area contributed by atoms with Crippen LogP contribution in [0.3, 0.4) is 0 Å². The number of methoxy groups -OCH3 is 3. The number of aliphatic imine (C=N–C) groups is 1. The highest BCUT2D eigenvalue weighted by molar-refractivity contribution is 8.13. The number of hydrogen-bond acceptors (Lipinski definition) is 8. The van der Waals surface area contributed by atoms with E-state index >= 15 is 0 Å². The van der Waals surface area contributed by atoms with Crippen molar-refractivity contribution in [2.75, 3.05) is 37.7 Å². The molecule has 2 aromatic carbocycles. The van der Waals surface area contributed by atoms with Crippen LogP contribution in [0.1, 0.15) is 5.56 Å². The normalized spacial score (nSPS) is 21.8. The molecule has 2 aliphatic heterocycles. The summed E-state index contributed by atoms with van der Waals surface area (Å²) in [5.74, 6) is 3.00. The van der Waals surface area contributed by atoms with Crippen molar-refractivity contribution in [3.8, 4) is 17.2 Å². The van der Waals surface area contributed by atoms with Gasteiger partial charge in [0.15, 0.2) is 15.0 Å². The third kappa shape index (κ3) is 4.09. The molecule has 1 fully saturated rings. The Kier molecular flexibility index (Phi) is 5.84. The highest BCUT2D eigenvalue weighted by Gasteiger charge is 2.47. The number of hydrogen-bond donors (Lipinski definition) is 0. The van der Waals surface area contributed by atoms with Gasteiger partial charge in [0.05, 0.1) is 50.6 Å². The van der Waals surface area contributed by atoms with Gasteiger partial charge in [-0.25, -0.2) is 8.42 Å². The Morgan fingerprint density at radius 2 is 1.70 bits per heavy atom. The zero-order chi connectivity index (χ0) is 21.3. The predicted molar refractivity (Wildman–Crippen MR) is 120 cm³/mol. The molecule has 160 valence electrons. The van der Waals surface area contributed by atoms with Crippen molar-refractivity contribution in [3.63, 3.8) is 0 Å². The summed E-state index contributed by atoms with van der Waals surface area (Å²) in [5, 5.41) is 0.794. The highest BCUT2D eigenvalue weighted by atomic mass is 32.2. The van der Waals surface area contributed by atoms with E-state index in [-0.39, 0.29) is 23.6 Å². The van der Waals surface area contributed by atoms with E-state index < -0.39 is 9.84 Å². The summed E-state index contributed by atoms with van der Waals surface area (Å²) in [6, 6.07) is 12.9. The van der Waals surface area contributed by atoms with Crippen LogP contribution in [0.4, 0.5) is 5.69 Å². The summed E-state index contributed by atoms with van der Waals surface area (Å²) < 4.78 is 40.7. The molecule has 2 atom stereocenters. The highest BCUT2D eigenvalue weighted by Crippen LogP contribution is 2.41. The van der Waals surface area contributed by atoms with Gasteiger partial charge in [0.1, 0.15) is 17.2 Å². The van der Waals surface area contributed by atoms with Crippen molar-refractivity contribution in [2.24, 2.45) is 4.99 Å². The Hall–Kier alpha value is -2.39. The molecule has 2 unspecified atom stereocenters. The first-order valence-corrected chi connectivity index (χ1v) is 12.3. The second-order valence-corrected chi connectivity index (χ2v) is 10.3. The number of sulfone groups is 1. The molecule has 7 nitrogen and oxygen atoms in total. The Morgan fingerprint density at radius 3 is 2.37 bits per heavy atom. The van der Waals surface area contributed by atoms with Crippen LogP contribution in [0.25, 0.3) is 0 Å². The molecule has 0 amide bonds. The Balaban J connectivity index is 1.65. The van der Waals surface area contributed by atoms with E-state index in [9.17, 15) is 8.42 Å². The fraction of sp³-hybridized carbons (Fsp3) is 0.381. The van der Waals surface area contributed by atoms with Gasteiger partial charge in [0.25, 0.3) is 0 Å². The maximum absolute atomic E-state index is 12.3. The molecular weight excluding hydrogens is 424 g/mol. The lowest BCUT2D eigenvalue weighted by atomic mass is 10.1. The molecular formula is C21H24N2O5S2. The Bertz CT molecular complexity index is 1050. The molecule has 0 aliphatic carbocycles. The molecule has 30 heavy (non-hydrogen) atoms. The van der Waals surface area contributed by atoms with Crippen molar-refractivity contribution >= 4 is 32.5 Å². The minimum atomic E-state index is -3.12. The molecule has 0 radical (unpaired) electrons. The lowest BCUT2D eigenvalue weighted by molar-refractivity contribution is 0.403. The van der Waals surface area contributed by atoms with Crippen LogP contribution in [0.5, 0.6) is 17.2 Å². The SMILES string of the molecule is COc1ccc(CSC2=NC3CS(=O)(=O)CC3N2c2cc(OC)ccc2OC)cc1. The maximum atomic E-state index is 12.3. The zero-order valence-corrected chi connectivity index (χ0v) is 18.7. The van der Waals surface area contributed by atoms with Crippen LogP contribution in [0.2, 0.25) is 0 Å². The molecule has 2 aliphatic rings. The number of rotatable bonds is 6. The number of amidine groups is 1. The number of anilines is 1. The molecule has 1 saturated heterocycles. The van der Waals surface area contributed by atoms with Crippen molar-refractivity contribution < 1.29 is 22.6 Å². The quantitative estimate of drug-likeness (QED) is 0.672. The predicted octanol–water partition coefficient (Wildman–Crippen LogP) is 2.99. The first-order chi connectivity index (χ1) is 14.4. The lowest BCUT2D eigenvalue weighted by Crippen LogP contribution is -2.39. The number of ether oxygens (including phenoxy) is 3. The molecule has 2 heterocycles. The Labute approximate surface area is 181 Å². The second kappa shape index (κ2) is 8.39. The maximum Gasteiger partial charge on any atom is 0.164 e. The van der Waals surface area contributed by atoms with Crippen molar-refractivity contribution in [2.45, 2.75) is 17.8 Å². The number of benzene rings is 2. The topological polar surface area (TPSA) is 77.4 Å². The number of nitrogens with zero attached hydrogens (tertiary/aromatic N) is 2. The van der Waals surface area contributed by atoms with E-state index in [1.807, 2.05) is 47.4 Å². The monoisotopic (exact) mass is 448 g/mol. The van der Waals surface area contributed by atoms with Crippen LogP contribution in [-0.4, -0.2) is 58.5 Å². The van der Waals surface area contributed by atoms with Gasteiger partial charge in [-0.05, 0) is 29.8 Å². The van der Waals surface area contributed by atoms with Crippen LogP contribution < -0.4 is 19.1 Å². The largest absolute Gasteiger partial charge is 0.497 e. The van der Waals surface area contributed by atoms with Crippen molar-refractivity contribution in [1.29, 1.82) is 0 Å². The van der Waals surface area contributed by atoms with E-state index in [0.717, 1.165) is 22.2 Å². The van der Waals surface area contributed by atoms with E-state index in [1.165, 1.54) is 0 Å². The average Bonchev–Trinajstić information content (AvgIpc) is 3.22. The number of fused-ring (bicyclic) bond motifs is 1. The number of thioether (sulfide) groups is 1. The summed E-state index contributed by atoms with van der Waals surface area (Å²) in [6.45, 7) is 0. The molecule has 0 saturated carbocycles. The fourth-order valence-corrected chi connectivity index (χ4v) is 6.69. The minimum absolute atomic E-state index is 0.0764. The summed E-state index contributed by atoms with van der Waals surface area (Å²) in [6.07, 6.45) is 0. The van der Waals surface area contributed by atoms with E-state index in [4.69, 9.17) is 19.2 Å². The van der Waals surface area contributed by atoms with Gasteiger partial charge in [-0.2, -0.15) is 0 Å². The van der Waals surface area contributed by atoms with Crippen LogP contribution in [0, 0.1) is 0 Å². The standard InChI is InChI=1S/C21H24N2O5S2/c1-26-15-6-4-14(5-7-15)11-29-21-22-17-12-30(24,25)13-19(17)23(21)18-10-16(27-2)8-9-20(18)28-3/h4-10,17,19H,11-13H2,1-3H3. The van der Waals surface area contributed by atoms with Gasteiger partial charge in [-0.15, -0.1) is 0 Å². The summed E-state index contributed by atoms with van der Waals surface area (Å²) in [5.41, 5.74) is 1.90.